The van der Waals surface area contributed by atoms with E-state index in [0.717, 1.165) is 43.4 Å². The molecule has 2 aliphatic heterocycles. The van der Waals surface area contributed by atoms with E-state index >= 15 is 0 Å². The van der Waals surface area contributed by atoms with Crippen LogP contribution in [-0.4, -0.2) is 39.3 Å². The maximum absolute atomic E-state index is 12.3. The lowest BCUT2D eigenvalue weighted by Gasteiger charge is -2.21. The summed E-state index contributed by atoms with van der Waals surface area (Å²) in [7, 11) is 0. The van der Waals surface area contributed by atoms with Crippen LogP contribution >= 0.6 is 0 Å². The Labute approximate surface area is 133 Å². The number of hydrogen-bond donors (Lipinski definition) is 2. The van der Waals surface area contributed by atoms with Crippen LogP contribution in [0.25, 0.3) is 11.0 Å². The summed E-state index contributed by atoms with van der Waals surface area (Å²) in [5.41, 5.74) is 1.42. The van der Waals surface area contributed by atoms with E-state index in [-0.39, 0.29) is 17.6 Å². The van der Waals surface area contributed by atoms with Crippen LogP contribution in [0, 0.1) is 5.92 Å². The number of ketones is 1. The van der Waals surface area contributed by atoms with Crippen molar-refractivity contribution in [2.75, 3.05) is 18.4 Å². The Kier molecular flexibility index (Phi) is 3.57. The molecular formula is C16H19N5O2. The lowest BCUT2D eigenvalue weighted by atomic mass is 9.99. The summed E-state index contributed by atoms with van der Waals surface area (Å²) >= 11 is 0. The largest absolute Gasteiger partial charge is 0.323 e. The molecule has 2 aromatic rings. The molecule has 23 heavy (non-hydrogen) atoms. The molecule has 0 radical (unpaired) electrons. The number of carbonyl (C=O) groups is 2. The van der Waals surface area contributed by atoms with Crippen LogP contribution in [0.3, 0.4) is 0 Å². The lowest BCUT2D eigenvalue weighted by Crippen LogP contribution is -2.37. The summed E-state index contributed by atoms with van der Waals surface area (Å²) in [5, 5.41) is 6.88. The molecule has 0 aromatic carbocycles. The van der Waals surface area contributed by atoms with Crippen LogP contribution in [0.5, 0.6) is 0 Å². The zero-order valence-electron chi connectivity index (χ0n) is 12.8. The molecule has 1 unspecified atom stereocenters. The third-order valence-corrected chi connectivity index (χ3v) is 4.61. The van der Waals surface area contributed by atoms with Gasteiger partial charge in [0.2, 0.25) is 11.9 Å². The van der Waals surface area contributed by atoms with Gasteiger partial charge < -0.3 is 9.88 Å². The summed E-state index contributed by atoms with van der Waals surface area (Å²) in [6.45, 7) is 2.45. The van der Waals surface area contributed by atoms with E-state index in [4.69, 9.17) is 0 Å². The van der Waals surface area contributed by atoms with Gasteiger partial charge in [0, 0.05) is 31.1 Å². The quantitative estimate of drug-likeness (QED) is 0.873. The van der Waals surface area contributed by atoms with Crippen molar-refractivity contribution < 1.29 is 9.59 Å². The predicted molar refractivity (Wildman–Crippen MR) is 85.3 cm³/mol. The van der Waals surface area contributed by atoms with Gasteiger partial charge in [-0.2, -0.15) is 4.98 Å². The van der Waals surface area contributed by atoms with Gasteiger partial charge in [-0.1, -0.05) is 0 Å². The molecule has 7 heteroatoms. The molecule has 2 N–H and O–H groups in total. The molecule has 1 atom stereocenters. The molecule has 0 spiro atoms. The van der Waals surface area contributed by atoms with Gasteiger partial charge in [0.1, 0.15) is 5.65 Å². The Bertz CT molecular complexity index is 776. The normalized spacial score (nSPS) is 21.2. The van der Waals surface area contributed by atoms with E-state index in [2.05, 4.69) is 20.6 Å². The van der Waals surface area contributed by atoms with E-state index in [0.29, 0.717) is 24.6 Å². The smallest absolute Gasteiger partial charge is 0.231 e. The molecule has 4 heterocycles. The Morgan fingerprint density at radius 2 is 2.30 bits per heavy atom. The molecule has 0 saturated carbocycles. The van der Waals surface area contributed by atoms with Crippen molar-refractivity contribution in [1.82, 2.24) is 19.9 Å². The zero-order valence-corrected chi connectivity index (χ0v) is 12.8. The predicted octanol–water partition coefficient (Wildman–Crippen LogP) is 1.35. The molecule has 2 aromatic heterocycles. The van der Waals surface area contributed by atoms with Gasteiger partial charge in [-0.25, -0.2) is 4.98 Å². The number of piperidine rings is 1. The number of rotatable bonds is 2. The second-order valence-corrected chi connectivity index (χ2v) is 6.21. The molecule has 120 valence electrons. The fourth-order valence-electron chi connectivity index (χ4n) is 3.37. The van der Waals surface area contributed by atoms with Gasteiger partial charge in [-0.05, 0) is 31.9 Å². The van der Waals surface area contributed by atoms with Gasteiger partial charge in [0.15, 0.2) is 5.78 Å². The first-order chi connectivity index (χ1) is 11.2. The van der Waals surface area contributed by atoms with Crippen LogP contribution in [0.2, 0.25) is 0 Å². The molecule has 1 amide bonds. The van der Waals surface area contributed by atoms with E-state index in [9.17, 15) is 9.59 Å². The second-order valence-electron chi connectivity index (χ2n) is 6.21. The Morgan fingerprint density at radius 3 is 3.13 bits per heavy atom. The van der Waals surface area contributed by atoms with Crippen LogP contribution in [0.4, 0.5) is 5.95 Å². The summed E-state index contributed by atoms with van der Waals surface area (Å²) < 4.78 is 1.93. The van der Waals surface area contributed by atoms with Crippen molar-refractivity contribution in [2.45, 2.75) is 32.2 Å². The minimum Gasteiger partial charge on any atom is -0.323 e. The number of carbonyl (C=O) groups excluding carboxylic acids is 2. The zero-order chi connectivity index (χ0) is 15.8. The number of anilines is 1. The van der Waals surface area contributed by atoms with Crippen molar-refractivity contribution >= 4 is 28.7 Å². The first-order valence-corrected chi connectivity index (χ1v) is 8.13. The SMILES string of the molecule is O=C1CCCn2c1cc1cnc(NC(=O)C3CCCNC3)nc12. The summed E-state index contributed by atoms with van der Waals surface area (Å²) in [4.78, 5) is 33.0. The highest BCUT2D eigenvalue weighted by Gasteiger charge is 2.23. The topological polar surface area (TPSA) is 88.9 Å². The van der Waals surface area contributed by atoms with E-state index < -0.39 is 0 Å². The first-order valence-electron chi connectivity index (χ1n) is 8.13. The molecule has 0 aliphatic carbocycles. The Hall–Kier alpha value is -2.28. The fraction of sp³-hybridized carbons (Fsp3) is 0.500. The number of nitrogens with one attached hydrogen (secondary N) is 2. The maximum Gasteiger partial charge on any atom is 0.231 e. The van der Waals surface area contributed by atoms with Crippen molar-refractivity contribution in [2.24, 2.45) is 5.92 Å². The number of fused-ring (bicyclic) bond motifs is 3. The molecule has 1 saturated heterocycles. The van der Waals surface area contributed by atoms with Gasteiger partial charge in [-0.3, -0.25) is 14.9 Å². The highest BCUT2D eigenvalue weighted by molar-refractivity contribution is 6.00. The summed E-state index contributed by atoms with van der Waals surface area (Å²) in [6.07, 6.45) is 4.98. The van der Waals surface area contributed by atoms with Gasteiger partial charge in [0.25, 0.3) is 0 Å². The van der Waals surface area contributed by atoms with E-state index in [1.54, 1.807) is 6.20 Å². The molecule has 7 nitrogen and oxygen atoms in total. The van der Waals surface area contributed by atoms with Gasteiger partial charge in [-0.15, -0.1) is 0 Å². The average Bonchev–Trinajstić information content (AvgIpc) is 2.95. The van der Waals surface area contributed by atoms with Crippen LogP contribution in [0.15, 0.2) is 12.3 Å². The molecule has 2 aliphatic rings. The number of hydrogen-bond acceptors (Lipinski definition) is 5. The van der Waals surface area contributed by atoms with Crippen molar-refractivity contribution in [3.63, 3.8) is 0 Å². The molecule has 1 fully saturated rings. The first kappa shape index (κ1) is 14.3. The fourth-order valence-corrected chi connectivity index (χ4v) is 3.37. The third-order valence-electron chi connectivity index (χ3n) is 4.61. The molecule has 0 bridgehead atoms. The van der Waals surface area contributed by atoms with Gasteiger partial charge >= 0.3 is 0 Å². The number of aromatic nitrogens is 3. The molecular weight excluding hydrogens is 294 g/mol. The highest BCUT2D eigenvalue weighted by atomic mass is 16.2. The van der Waals surface area contributed by atoms with Crippen molar-refractivity contribution in [1.29, 1.82) is 0 Å². The number of amides is 1. The Balaban J connectivity index is 1.61. The average molecular weight is 313 g/mol. The highest BCUT2D eigenvalue weighted by Crippen LogP contribution is 2.24. The number of aryl methyl sites for hydroxylation is 1. The van der Waals surface area contributed by atoms with Crippen LogP contribution < -0.4 is 10.6 Å². The van der Waals surface area contributed by atoms with E-state index in [1.807, 2.05) is 10.6 Å². The maximum atomic E-state index is 12.3. The minimum absolute atomic E-state index is 0.0362. The minimum atomic E-state index is -0.0435. The monoisotopic (exact) mass is 313 g/mol. The lowest BCUT2D eigenvalue weighted by molar-refractivity contribution is -0.120. The van der Waals surface area contributed by atoms with Crippen molar-refractivity contribution in [3.05, 3.63) is 18.0 Å². The van der Waals surface area contributed by atoms with Crippen LogP contribution in [0.1, 0.15) is 36.2 Å². The summed E-state index contributed by atoms with van der Waals surface area (Å²) in [5.74, 6) is 0.379. The standard InChI is InChI=1S/C16H19N5O2/c22-13-4-2-6-21-12(13)7-11-9-18-16(19-14(11)21)20-15(23)10-3-1-5-17-8-10/h7,9-10,17H,1-6,8H2,(H,18,19,20,23). The third kappa shape index (κ3) is 2.61. The molecule has 4 rings (SSSR count). The van der Waals surface area contributed by atoms with Crippen molar-refractivity contribution in [3.8, 4) is 0 Å². The second kappa shape index (κ2) is 5.73. The number of nitrogens with zero attached hydrogens (tertiary/aromatic N) is 3. The summed E-state index contributed by atoms with van der Waals surface area (Å²) in [6, 6.07) is 1.84. The number of Topliss-reactive ketones (excluding diaryl/α,β-unsaturated/α-hetero) is 1. The Morgan fingerprint density at radius 1 is 1.39 bits per heavy atom. The van der Waals surface area contributed by atoms with Crippen LogP contribution in [-0.2, 0) is 11.3 Å². The van der Waals surface area contributed by atoms with Gasteiger partial charge in [0.05, 0.1) is 11.6 Å². The van der Waals surface area contributed by atoms with E-state index in [1.165, 1.54) is 0 Å².